The van der Waals surface area contributed by atoms with Gasteiger partial charge in [-0.3, -0.25) is 4.79 Å². The molecule has 0 saturated heterocycles. The zero-order chi connectivity index (χ0) is 15.3. The van der Waals surface area contributed by atoms with Crippen molar-refractivity contribution in [3.05, 3.63) is 29.0 Å². The Morgan fingerprint density at radius 1 is 1.40 bits per heavy atom. The van der Waals surface area contributed by atoms with Gasteiger partial charge >= 0.3 is 12.0 Å². The molecule has 1 unspecified atom stereocenters. The Hall–Kier alpha value is -1.82. The van der Waals surface area contributed by atoms with Crippen LogP contribution in [0.2, 0.25) is 5.02 Å². The van der Waals surface area contributed by atoms with Crippen LogP contribution in [0.3, 0.4) is 0 Å². The van der Waals surface area contributed by atoms with Gasteiger partial charge in [-0.2, -0.15) is 0 Å². The maximum atomic E-state index is 13.5. The number of amides is 2. The van der Waals surface area contributed by atoms with Crippen molar-refractivity contribution in [2.24, 2.45) is 5.92 Å². The molecular weight excluding hydrogens is 287 g/mol. The lowest BCUT2D eigenvalue weighted by atomic mass is 10.0. The second-order valence-electron chi connectivity index (χ2n) is 4.67. The third kappa shape index (κ3) is 5.05. The molecule has 0 aliphatic heterocycles. The van der Waals surface area contributed by atoms with Gasteiger partial charge in [0.05, 0.1) is 12.1 Å². The molecule has 0 spiro atoms. The maximum Gasteiger partial charge on any atom is 0.319 e. The van der Waals surface area contributed by atoms with E-state index >= 15 is 0 Å². The molecule has 1 rings (SSSR count). The van der Waals surface area contributed by atoms with Crippen LogP contribution in [-0.4, -0.2) is 23.1 Å². The molecule has 0 fully saturated rings. The molecule has 0 aliphatic carbocycles. The summed E-state index contributed by atoms with van der Waals surface area (Å²) in [4.78, 5) is 22.4. The number of carboxylic acids is 1. The van der Waals surface area contributed by atoms with Crippen molar-refractivity contribution in [1.29, 1.82) is 0 Å². The minimum Gasteiger partial charge on any atom is -0.481 e. The molecular formula is C13H16ClFN2O3. The van der Waals surface area contributed by atoms with Crippen LogP contribution in [0, 0.1) is 11.7 Å². The van der Waals surface area contributed by atoms with E-state index in [1.54, 1.807) is 13.8 Å². The highest BCUT2D eigenvalue weighted by molar-refractivity contribution is 6.30. The first kappa shape index (κ1) is 16.2. The number of nitrogens with one attached hydrogen (secondary N) is 2. The average molecular weight is 303 g/mol. The molecule has 1 aromatic rings. The summed E-state index contributed by atoms with van der Waals surface area (Å²) in [6, 6.07) is 2.65. The molecule has 0 aromatic heterocycles. The summed E-state index contributed by atoms with van der Waals surface area (Å²) in [5.41, 5.74) is -0.0234. The third-order valence-electron chi connectivity index (χ3n) is 2.70. The van der Waals surface area contributed by atoms with E-state index in [1.165, 1.54) is 12.1 Å². The molecule has 0 bridgehead atoms. The number of carboxylic acid groups (broad SMARTS) is 1. The molecule has 7 heteroatoms. The van der Waals surface area contributed by atoms with Gasteiger partial charge in [0.2, 0.25) is 0 Å². The normalized spacial score (nSPS) is 12.1. The fraction of sp³-hybridized carbons (Fsp3) is 0.385. The number of carbonyl (C=O) groups excluding carboxylic acids is 1. The van der Waals surface area contributed by atoms with Crippen molar-refractivity contribution in [3.8, 4) is 0 Å². The van der Waals surface area contributed by atoms with E-state index in [2.05, 4.69) is 10.6 Å². The molecule has 0 radical (unpaired) electrons. The van der Waals surface area contributed by atoms with E-state index < -0.39 is 23.9 Å². The Morgan fingerprint density at radius 2 is 2.05 bits per heavy atom. The predicted octanol–water partition coefficient (Wildman–Crippen LogP) is 3.10. The van der Waals surface area contributed by atoms with E-state index in [1.807, 2.05) is 0 Å². The number of carbonyl (C=O) groups is 2. The van der Waals surface area contributed by atoms with E-state index in [9.17, 15) is 14.0 Å². The first-order chi connectivity index (χ1) is 9.29. The molecule has 0 aliphatic rings. The smallest absolute Gasteiger partial charge is 0.319 e. The van der Waals surface area contributed by atoms with Crippen LogP contribution in [0.1, 0.15) is 20.3 Å². The zero-order valence-electron chi connectivity index (χ0n) is 11.1. The highest BCUT2D eigenvalue weighted by Gasteiger charge is 2.19. The van der Waals surface area contributed by atoms with Gasteiger partial charge in [0.1, 0.15) is 5.82 Å². The molecule has 1 aromatic carbocycles. The van der Waals surface area contributed by atoms with Crippen molar-refractivity contribution in [3.63, 3.8) is 0 Å². The lowest BCUT2D eigenvalue weighted by Crippen LogP contribution is -2.42. The van der Waals surface area contributed by atoms with Crippen molar-refractivity contribution in [2.75, 3.05) is 5.32 Å². The van der Waals surface area contributed by atoms with Gasteiger partial charge in [0.15, 0.2) is 0 Å². The van der Waals surface area contributed by atoms with Crippen LogP contribution >= 0.6 is 11.6 Å². The summed E-state index contributed by atoms with van der Waals surface area (Å²) in [7, 11) is 0. The van der Waals surface area contributed by atoms with E-state index in [0.29, 0.717) is 0 Å². The zero-order valence-corrected chi connectivity index (χ0v) is 11.9. The number of aliphatic carboxylic acids is 1. The molecule has 5 nitrogen and oxygen atoms in total. The van der Waals surface area contributed by atoms with Gasteiger partial charge in [-0.15, -0.1) is 0 Å². The minimum absolute atomic E-state index is 0.0234. The van der Waals surface area contributed by atoms with Gasteiger partial charge in [-0.05, 0) is 24.1 Å². The van der Waals surface area contributed by atoms with Gasteiger partial charge in [-0.25, -0.2) is 9.18 Å². The highest BCUT2D eigenvalue weighted by atomic mass is 35.5. The minimum atomic E-state index is -1.01. The van der Waals surface area contributed by atoms with Crippen molar-refractivity contribution in [1.82, 2.24) is 5.32 Å². The number of hydrogen-bond acceptors (Lipinski definition) is 2. The lowest BCUT2D eigenvalue weighted by Gasteiger charge is -2.21. The standard InChI is InChI=1S/C13H16ClFN2O3/c1-7(2)11(6-12(18)19)17-13(20)16-10-4-3-8(14)5-9(10)15/h3-5,7,11H,6H2,1-2H3,(H,18,19)(H2,16,17,20). The first-order valence-corrected chi connectivity index (χ1v) is 6.41. The monoisotopic (exact) mass is 302 g/mol. The van der Waals surface area contributed by atoms with Gasteiger partial charge in [0.25, 0.3) is 0 Å². The first-order valence-electron chi connectivity index (χ1n) is 6.04. The molecule has 0 saturated carbocycles. The summed E-state index contributed by atoms with van der Waals surface area (Å²) >= 11 is 5.60. The van der Waals surface area contributed by atoms with Gasteiger partial charge < -0.3 is 15.7 Å². The van der Waals surface area contributed by atoms with Crippen LogP contribution in [0.15, 0.2) is 18.2 Å². The van der Waals surface area contributed by atoms with Crippen molar-refractivity contribution in [2.45, 2.75) is 26.3 Å². The summed E-state index contributed by atoms with van der Waals surface area (Å²) in [6.45, 7) is 3.58. The highest BCUT2D eigenvalue weighted by Crippen LogP contribution is 2.18. The van der Waals surface area contributed by atoms with E-state index in [-0.39, 0.29) is 23.0 Å². The second-order valence-corrected chi connectivity index (χ2v) is 5.11. The fourth-order valence-electron chi connectivity index (χ4n) is 1.56. The van der Waals surface area contributed by atoms with Gasteiger partial charge in [0, 0.05) is 11.1 Å². The Bertz CT molecular complexity index is 508. The summed E-state index contributed by atoms with van der Waals surface area (Å²) in [5.74, 6) is -1.74. The third-order valence-corrected chi connectivity index (χ3v) is 2.93. The summed E-state index contributed by atoms with van der Waals surface area (Å²) in [5, 5.41) is 13.8. The average Bonchev–Trinajstić information content (AvgIpc) is 2.31. The number of hydrogen-bond donors (Lipinski definition) is 3. The Morgan fingerprint density at radius 3 is 2.55 bits per heavy atom. The molecule has 1 atom stereocenters. The molecule has 20 heavy (non-hydrogen) atoms. The van der Waals surface area contributed by atoms with Crippen LogP contribution in [-0.2, 0) is 4.79 Å². The van der Waals surface area contributed by atoms with E-state index in [4.69, 9.17) is 16.7 Å². The molecule has 110 valence electrons. The molecule has 0 heterocycles. The predicted molar refractivity (Wildman–Crippen MR) is 74.4 cm³/mol. The summed E-state index contributed by atoms with van der Waals surface area (Å²) in [6.07, 6.45) is -0.200. The second kappa shape index (κ2) is 7.09. The number of halogens is 2. The van der Waals surface area contributed by atoms with Crippen LogP contribution in [0.25, 0.3) is 0 Å². The number of rotatable bonds is 5. The fourth-order valence-corrected chi connectivity index (χ4v) is 1.72. The SMILES string of the molecule is CC(C)C(CC(=O)O)NC(=O)Nc1ccc(Cl)cc1F. The van der Waals surface area contributed by atoms with Crippen LogP contribution in [0.4, 0.5) is 14.9 Å². The van der Waals surface area contributed by atoms with Gasteiger partial charge in [-0.1, -0.05) is 25.4 Å². The number of anilines is 1. The van der Waals surface area contributed by atoms with Crippen molar-refractivity contribution < 1.29 is 19.1 Å². The van der Waals surface area contributed by atoms with E-state index in [0.717, 1.165) is 6.07 Å². The van der Waals surface area contributed by atoms with Crippen molar-refractivity contribution >= 4 is 29.3 Å². The number of benzene rings is 1. The van der Waals surface area contributed by atoms with Crippen LogP contribution in [0.5, 0.6) is 0 Å². The quantitative estimate of drug-likeness (QED) is 0.782. The maximum absolute atomic E-state index is 13.5. The topological polar surface area (TPSA) is 78.4 Å². The number of urea groups is 1. The summed E-state index contributed by atoms with van der Waals surface area (Å²) < 4.78 is 13.5. The lowest BCUT2D eigenvalue weighted by molar-refractivity contribution is -0.137. The largest absolute Gasteiger partial charge is 0.481 e. The van der Waals surface area contributed by atoms with Crippen LogP contribution < -0.4 is 10.6 Å². The molecule has 3 N–H and O–H groups in total. The Kier molecular flexibility index (Phi) is 5.76. The molecule has 2 amide bonds. The Labute approximate surface area is 121 Å². The Balaban J connectivity index is 2.68.